The second-order valence-corrected chi connectivity index (χ2v) is 3.93. The van der Waals surface area contributed by atoms with E-state index >= 15 is 0 Å². The number of hydrogen-bond acceptors (Lipinski definition) is 3. The average Bonchev–Trinajstić information content (AvgIpc) is 2.31. The summed E-state index contributed by atoms with van der Waals surface area (Å²) in [6.07, 6.45) is 0.492. The molecule has 3 N–H and O–H groups in total. The predicted octanol–water partition coefficient (Wildman–Crippen LogP) is 3.04. The van der Waals surface area contributed by atoms with Crippen LogP contribution in [0.1, 0.15) is 13.3 Å². The van der Waals surface area contributed by atoms with Crippen LogP contribution in [0.5, 0.6) is 5.75 Å². The number of hydrogen-bond donors (Lipinski definition) is 2. The second kappa shape index (κ2) is 8.14. The van der Waals surface area contributed by atoms with Gasteiger partial charge in [-0.15, -0.1) is 12.4 Å². The van der Waals surface area contributed by atoms with Crippen molar-refractivity contribution < 1.29 is 18.3 Å². The molecule has 1 amide bonds. The van der Waals surface area contributed by atoms with E-state index in [1.165, 1.54) is 18.2 Å². The van der Waals surface area contributed by atoms with Crippen LogP contribution in [0.3, 0.4) is 0 Å². The van der Waals surface area contributed by atoms with Gasteiger partial charge in [-0.3, -0.25) is 4.79 Å². The molecule has 0 aliphatic carbocycles. The van der Waals surface area contributed by atoms with Crippen molar-refractivity contribution in [3.63, 3.8) is 0 Å². The van der Waals surface area contributed by atoms with E-state index in [4.69, 9.17) is 17.3 Å². The van der Waals surface area contributed by atoms with E-state index in [1.54, 1.807) is 6.92 Å². The maximum absolute atomic E-state index is 12.0. The van der Waals surface area contributed by atoms with Crippen LogP contribution >= 0.6 is 24.0 Å². The van der Waals surface area contributed by atoms with Crippen molar-refractivity contribution in [3.05, 3.63) is 23.2 Å². The predicted molar refractivity (Wildman–Crippen MR) is 72.2 cm³/mol. The molecular weight excluding hydrogens is 301 g/mol. The van der Waals surface area contributed by atoms with Crippen molar-refractivity contribution in [1.82, 2.24) is 0 Å². The fourth-order valence-electron chi connectivity index (χ4n) is 1.19. The van der Waals surface area contributed by atoms with E-state index in [1.807, 2.05) is 0 Å². The van der Waals surface area contributed by atoms with Gasteiger partial charge in [0.2, 0.25) is 5.91 Å². The number of anilines is 1. The zero-order valence-corrected chi connectivity index (χ0v) is 11.6. The number of carbonyl (C=O) groups is 1. The second-order valence-electron chi connectivity index (χ2n) is 3.53. The molecule has 0 fully saturated rings. The molecule has 0 radical (unpaired) electrons. The van der Waals surface area contributed by atoms with Crippen LogP contribution in [0.2, 0.25) is 5.02 Å². The number of benzene rings is 1. The minimum atomic E-state index is -2.95. The Hall–Kier alpha value is -1.11. The monoisotopic (exact) mass is 314 g/mol. The van der Waals surface area contributed by atoms with Gasteiger partial charge in [-0.05, 0) is 24.6 Å². The lowest BCUT2D eigenvalue weighted by Gasteiger charge is -2.12. The number of carbonyl (C=O) groups excluding carboxylic acids is 1. The molecule has 19 heavy (non-hydrogen) atoms. The third-order valence-electron chi connectivity index (χ3n) is 2.19. The van der Waals surface area contributed by atoms with Crippen molar-refractivity contribution >= 4 is 35.6 Å². The third-order valence-corrected chi connectivity index (χ3v) is 2.49. The first kappa shape index (κ1) is 17.9. The molecule has 1 rings (SSSR count). The van der Waals surface area contributed by atoms with Crippen LogP contribution in [-0.2, 0) is 4.79 Å². The molecule has 0 saturated heterocycles. The minimum absolute atomic E-state index is 0. The van der Waals surface area contributed by atoms with Crippen molar-refractivity contribution in [1.29, 1.82) is 0 Å². The molecule has 0 bridgehead atoms. The smallest absolute Gasteiger partial charge is 0.387 e. The molecule has 0 aliphatic heterocycles. The van der Waals surface area contributed by atoms with Crippen molar-refractivity contribution in [2.24, 2.45) is 5.73 Å². The topological polar surface area (TPSA) is 64.4 Å². The van der Waals surface area contributed by atoms with Gasteiger partial charge < -0.3 is 15.8 Å². The van der Waals surface area contributed by atoms with Crippen LogP contribution in [0.25, 0.3) is 0 Å². The van der Waals surface area contributed by atoms with Crippen LogP contribution in [0, 0.1) is 0 Å². The SMILES string of the molecule is CC[C@H](N)C(=O)Nc1ccc(OC(F)F)c(Cl)c1.Cl. The number of halogens is 4. The Morgan fingerprint density at radius 2 is 2.16 bits per heavy atom. The normalized spacial score (nSPS) is 11.7. The lowest BCUT2D eigenvalue weighted by atomic mass is 10.2. The van der Waals surface area contributed by atoms with Gasteiger partial charge in [0.25, 0.3) is 0 Å². The summed E-state index contributed by atoms with van der Waals surface area (Å²) in [4.78, 5) is 11.5. The van der Waals surface area contributed by atoms with Gasteiger partial charge in [-0.2, -0.15) is 8.78 Å². The van der Waals surface area contributed by atoms with Gasteiger partial charge in [0, 0.05) is 5.69 Å². The van der Waals surface area contributed by atoms with Gasteiger partial charge >= 0.3 is 6.61 Å². The average molecular weight is 315 g/mol. The third kappa shape index (κ3) is 5.59. The van der Waals surface area contributed by atoms with E-state index in [2.05, 4.69) is 10.1 Å². The summed E-state index contributed by atoms with van der Waals surface area (Å²) in [6, 6.07) is 3.35. The van der Waals surface area contributed by atoms with Crippen LogP contribution in [0.15, 0.2) is 18.2 Å². The van der Waals surface area contributed by atoms with Crippen molar-refractivity contribution in [2.45, 2.75) is 26.0 Å². The zero-order chi connectivity index (χ0) is 13.7. The molecule has 0 heterocycles. The largest absolute Gasteiger partial charge is 0.433 e. The van der Waals surface area contributed by atoms with E-state index in [0.717, 1.165) is 0 Å². The molecule has 108 valence electrons. The van der Waals surface area contributed by atoms with Crippen LogP contribution in [0.4, 0.5) is 14.5 Å². The van der Waals surface area contributed by atoms with Gasteiger partial charge in [0.05, 0.1) is 11.1 Å². The highest BCUT2D eigenvalue weighted by Gasteiger charge is 2.13. The maximum Gasteiger partial charge on any atom is 0.387 e. The first-order valence-electron chi connectivity index (χ1n) is 5.24. The molecule has 1 atom stereocenters. The fraction of sp³-hybridized carbons (Fsp3) is 0.364. The molecule has 1 aromatic carbocycles. The summed E-state index contributed by atoms with van der Waals surface area (Å²) in [5.74, 6) is -0.513. The maximum atomic E-state index is 12.0. The number of alkyl halides is 2. The Labute approximate surface area is 120 Å². The first-order valence-corrected chi connectivity index (χ1v) is 5.62. The lowest BCUT2D eigenvalue weighted by molar-refractivity contribution is -0.117. The molecule has 0 aromatic heterocycles. The molecule has 0 spiro atoms. The van der Waals surface area contributed by atoms with Crippen molar-refractivity contribution in [3.8, 4) is 5.75 Å². The Morgan fingerprint density at radius 1 is 1.53 bits per heavy atom. The van der Waals surface area contributed by atoms with E-state index in [0.29, 0.717) is 12.1 Å². The van der Waals surface area contributed by atoms with E-state index in [-0.39, 0.29) is 29.1 Å². The summed E-state index contributed by atoms with van der Waals surface area (Å²) in [5.41, 5.74) is 5.90. The standard InChI is InChI=1S/C11H13ClF2N2O2.ClH/c1-2-8(15)10(17)16-6-3-4-9(7(12)5-6)18-11(13)14;/h3-5,8,11H,2,15H2,1H3,(H,16,17);1H/t8-;/m0./s1. The van der Waals surface area contributed by atoms with Crippen LogP contribution in [-0.4, -0.2) is 18.6 Å². The van der Waals surface area contributed by atoms with E-state index in [9.17, 15) is 13.6 Å². The van der Waals surface area contributed by atoms with Crippen LogP contribution < -0.4 is 15.8 Å². The number of nitrogens with one attached hydrogen (secondary N) is 1. The molecule has 0 aliphatic rings. The highest BCUT2D eigenvalue weighted by molar-refractivity contribution is 6.32. The highest BCUT2D eigenvalue weighted by atomic mass is 35.5. The number of amides is 1. The summed E-state index contributed by atoms with van der Waals surface area (Å²) < 4.78 is 28.2. The fourth-order valence-corrected chi connectivity index (χ4v) is 1.42. The molecule has 1 aromatic rings. The first-order chi connectivity index (χ1) is 8.43. The lowest BCUT2D eigenvalue weighted by Crippen LogP contribution is -2.34. The molecule has 8 heteroatoms. The Morgan fingerprint density at radius 3 is 2.63 bits per heavy atom. The minimum Gasteiger partial charge on any atom is -0.433 e. The Bertz CT molecular complexity index is 433. The highest BCUT2D eigenvalue weighted by Crippen LogP contribution is 2.28. The molecular formula is C11H14Cl2F2N2O2. The quantitative estimate of drug-likeness (QED) is 0.878. The summed E-state index contributed by atoms with van der Waals surface area (Å²) in [5, 5.41) is 2.51. The number of nitrogens with two attached hydrogens (primary N) is 1. The summed E-state index contributed by atoms with van der Waals surface area (Å²) in [7, 11) is 0. The van der Waals surface area contributed by atoms with Gasteiger partial charge in [-0.25, -0.2) is 0 Å². The number of ether oxygens (including phenoxy) is 1. The molecule has 0 saturated carbocycles. The van der Waals surface area contributed by atoms with Gasteiger partial charge in [0.1, 0.15) is 5.75 Å². The summed E-state index contributed by atoms with van der Waals surface area (Å²) in [6.45, 7) is -1.17. The zero-order valence-electron chi connectivity index (χ0n) is 10.0. The van der Waals surface area contributed by atoms with Crippen molar-refractivity contribution in [2.75, 3.05) is 5.32 Å². The van der Waals surface area contributed by atoms with E-state index < -0.39 is 12.7 Å². The number of rotatable bonds is 5. The molecule has 4 nitrogen and oxygen atoms in total. The van der Waals surface area contributed by atoms with Gasteiger partial charge in [-0.1, -0.05) is 18.5 Å². The van der Waals surface area contributed by atoms with Gasteiger partial charge in [0.15, 0.2) is 0 Å². The summed E-state index contributed by atoms with van der Waals surface area (Å²) >= 11 is 5.73. The Kier molecular flexibility index (Phi) is 7.66. The molecule has 0 unspecified atom stereocenters. The Balaban J connectivity index is 0.00000324.